The monoisotopic (exact) mass is 195 g/mol. The second kappa shape index (κ2) is 6.06. The molecule has 0 aromatic carbocycles. The molecule has 0 aromatic heterocycles. The zero-order valence-corrected chi connectivity index (χ0v) is 9.36. The van der Waals surface area contributed by atoms with Crippen molar-refractivity contribution in [2.75, 3.05) is 26.8 Å². The minimum atomic E-state index is 0.565. The van der Waals surface area contributed by atoms with Crippen LogP contribution in [0.1, 0.15) is 32.6 Å². The predicted molar refractivity (Wildman–Crippen MR) is 59.1 cm³/mol. The van der Waals surface area contributed by atoms with E-state index in [4.69, 9.17) is 4.74 Å². The van der Waals surface area contributed by atoms with Crippen LogP contribution in [0.25, 0.3) is 0 Å². The fourth-order valence-corrected chi connectivity index (χ4v) is 1.64. The quantitative estimate of drug-likeness (QED) is 0.494. The molecule has 14 heavy (non-hydrogen) atoms. The first-order chi connectivity index (χ1) is 6.83. The molecule has 1 aliphatic carbocycles. The minimum Gasteiger partial charge on any atom is -0.385 e. The zero-order valence-electron chi connectivity index (χ0n) is 9.36. The van der Waals surface area contributed by atoms with Gasteiger partial charge in [0.25, 0.3) is 0 Å². The Morgan fingerprint density at radius 2 is 2.21 bits per heavy atom. The highest BCUT2D eigenvalue weighted by atomic mass is 16.5. The molecule has 1 fully saturated rings. The van der Waals surface area contributed by atoms with Gasteiger partial charge in [-0.1, -0.05) is 0 Å². The van der Waals surface area contributed by atoms with E-state index in [-0.39, 0.29) is 0 Å². The van der Waals surface area contributed by atoms with E-state index >= 15 is 0 Å². The molecule has 1 N–H and O–H groups in total. The SMILES string of the molecule is CC#CCCNCC1(CCOC)CC1. The molecule has 0 saturated heterocycles. The highest BCUT2D eigenvalue weighted by Gasteiger charge is 2.41. The van der Waals surface area contributed by atoms with Gasteiger partial charge in [0, 0.05) is 33.2 Å². The van der Waals surface area contributed by atoms with E-state index in [1.165, 1.54) is 19.3 Å². The van der Waals surface area contributed by atoms with Crippen LogP contribution >= 0.6 is 0 Å². The van der Waals surface area contributed by atoms with Crippen molar-refractivity contribution in [2.24, 2.45) is 5.41 Å². The van der Waals surface area contributed by atoms with Gasteiger partial charge in [0.1, 0.15) is 0 Å². The molecule has 0 unspecified atom stereocenters. The Balaban J connectivity index is 2.01. The lowest BCUT2D eigenvalue weighted by molar-refractivity contribution is 0.171. The first-order valence-corrected chi connectivity index (χ1v) is 5.42. The molecule has 0 atom stereocenters. The average molecular weight is 195 g/mol. The summed E-state index contributed by atoms with van der Waals surface area (Å²) in [7, 11) is 1.78. The molecule has 0 radical (unpaired) electrons. The number of nitrogens with one attached hydrogen (secondary N) is 1. The van der Waals surface area contributed by atoms with Crippen molar-refractivity contribution in [1.29, 1.82) is 0 Å². The van der Waals surface area contributed by atoms with Crippen LogP contribution in [0.2, 0.25) is 0 Å². The first kappa shape index (κ1) is 11.6. The molecule has 80 valence electrons. The van der Waals surface area contributed by atoms with E-state index in [0.717, 1.165) is 26.1 Å². The van der Waals surface area contributed by atoms with Gasteiger partial charge in [-0.05, 0) is 31.6 Å². The van der Waals surface area contributed by atoms with Crippen molar-refractivity contribution < 1.29 is 4.74 Å². The smallest absolute Gasteiger partial charge is 0.0468 e. The summed E-state index contributed by atoms with van der Waals surface area (Å²) >= 11 is 0. The van der Waals surface area contributed by atoms with Crippen molar-refractivity contribution >= 4 is 0 Å². The molecule has 0 amide bonds. The van der Waals surface area contributed by atoms with Crippen LogP contribution in [0.4, 0.5) is 0 Å². The molecule has 0 heterocycles. The molecule has 0 aromatic rings. The maximum Gasteiger partial charge on any atom is 0.0468 e. The normalized spacial score (nSPS) is 17.3. The van der Waals surface area contributed by atoms with Gasteiger partial charge in [-0.25, -0.2) is 0 Å². The third kappa shape index (κ3) is 4.13. The van der Waals surface area contributed by atoms with E-state index in [2.05, 4.69) is 17.2 Å². The molecule has 1 rings (SSSR count). The lowest BCUT2D eigenvalue weighted by Gasteiger charge is -2.14. The maximum atomic E-state index is 5.11. The number of hydrogen-bond donors (Lipinski definition) is 1. The van der Waals surface area contributed by atoms with E-state index < -0.39 is 0 Å². The van der Waals surface area contributed by atoms with Crippen LogP contribution in [-0.2, 0) is 4.74 Å². The topological polar surface area (TPSA) is 21.3 Å². The molecule has 0 spiro atoms. The zero-order chi connectivity index (χ0) is 10.3. The van der Waals surface area contributed by atoms with Crippen molar-refractivity contribution in [3.8, 4) is 11.8 Å². The highest BCUT2D eigenvalue weighted by molar-refractivity contribution is 4.97. The fraction of sp³-hybridized carbons (Fsp3) is 0.833. The molecule has 0 bridgehead atoms. The van der Waals surface area contributed by atoms with Gasteiger partial charge < -0.3 is 10.1 Å². The molecule has 0 aliphatic heterocycles. The van der Waals surface area contributed by atoms with Crippen molar-refractivity contribution in [1.82, 2.24) is 5.32 Å². The number of ether oxygens (including phenoxy) is 1. The van der Waals surface area contributed by atoms with Crippen molar-refractivity contribution in [3.63, 3.8) is 0 Å². The summed E-state index contributed by atoms with van der Waals surface area (Å²) < 4.78 is 5.11. The van der Waals surface area contributed by atoms with Gasteiger partial charge in [-0.2, -0.15) is 0 Å². The summed E-state index contributed by atoms with van der Waals surface area (Å²) in [4.78, 5) is 0. The Morgan fingerprint density at radius 3 is 2.79 bits per heavy atom. The largest absolute Gasteiger partial charge is 0.385 e. The molecule has 1 saturated carbocycles. The number of rotatable bonds is 7. The fourth-order valence-electron chi connectivity index (χ4n) is 1.64. The summed E-state index contributed by atoms with van der Waals surface area (Å²) in [6, 6.07) is 0. The molecule has 2 nitrogen and oxygen atoms in total. The highest BCUT2D eigenvalue weighted by Crippen LogP contribution is 2.48. The van der Waals surface area contributed by atoms with Crippen LogP contribution < -0.4 is 5.32 Å². The first-order valence-electron chi connectivity index (χ1n) is 5.42. The Morgan fingerprint density at radius 1 is 1.43 bits per heavy atom. The van der Waals surface area contributed by atoms with E-state index in [1.54, 1.807) is 7.11 Å². The van der Waals surface area contributed by atoms with Gasteiger partial charge >= 0.3 is 0 Å². The van der Waals surface area contributed by atoms with Crippen molar-refractivity contribution in [3.05, 3.63) is 0 Å². The summed E-state index contributed by atoms with van der Waals surface area (Å²) in [6.07, 6.45) is 4.90. The number of hydrogen-bond acceptors (Lipinski definition) is 2. The minimum absolute atomic E-state index is 0.565. The van der Waals surface area contributed by atoms with Gasteiger partial charge in [-0.15, -0.1) is 11.8 Å². The molecular weight excluding hydrogens is 174 g/mol. The van der Waals surface area contributed by atoms with Crippen LogP contribution in [0.15, 0.2) is 0 Å². The lowest BCUT2D eigenvalue weighted by Crippen LogP contribution is -2.25. The molecule has 2 heteroatoms. The van der Waals surface area contributed by atoms with E-state index in [0.29, 0.717) is 5.41 Å². The second-order valence-corrected chi connectivity index (χ2v) is 4.10. The predicted octanol–water partition coefficient (Wildman–Crippen LogP) is 1.81. The second-order valence-electron chi connectivity index (χ2n) is 4.10. The van der Waals surface area contributed by atoms with Gasteiger partial charge in [-0.3, -0.25) is 0 Å². The van der Waals surface area contributed by atoms with Gasteiger partial charge in [0.2, 0.25) is 0 Å². The van der Waals surface area contributed by atoms with Crippen LogP contribution in [0, 0.1) is 17.3 Å². The average Bonchev–Trinajstić information content (AvgIpc) is 2.96. The molecule has 1 aliphatic rings. The summed E-state index contributed by atoms with van der Waals surface area (Å²) in [5.41, 5.74) is 0.565. The summed E-state index contributed by atoms with van der Waals surface area (Å²) in [5, 5.41) is 3.47. The summed E-state index contributed by atoms with van der Waals surface area (Å²) in [5.74, 6) is 5.97. The Hall–Kier alpha value is -0.520. The Labute approximate surface area is 87.4 Å². The third-order valence-corrected chi connectivity index (χ3v) is 2.90. The van der Waals surface area contributed by atoms with E-state index in [9.17, 15) is 0 Å². The van der Waals surface area contributed by atoms with Crippen LogP contribution in [0.5, 0.6) is 0 Å². The van der Waals surface area contributed by atoms with Crippen LogP contribution in [-0.4, -0.2) is 26.8 Å². The molecular formula is C12H21NO. The lowest BCUT2D eigenvalue weighted by atomic mass is 10.0. The maximum absolute atomic E-state index is 5.11. The number of methoxy groups -OCH3 is 1. The van der Waals surface area contributed by atoms with Gasteiger partial charge in [0.15, 0.2) is 0 Å². The standard InChI is InChI=1S/C12H21NO/c1-3-4-5-9-13-11-12(6-7-12)8-10-14-2/h13H,5-11H2,1-2H3. The van der Waals surface area contributed by atoms with Crippen LogP contribution in [0.3, 0.4) is 0 Å². The summed E-state index contributed by atoms with van der Waals surface area (Å²) in [6.45, 7) is 4.95. The van der Waals surface area contributed by atoms with Crippen molar-refractivity contribution in [2.45, 2.75) is 32.6 Å². The Kier molecular flexibility index (Phi) is 5.00. The van der Waals surface area contributed by atoms with E-state index in [1.807, 2.05) is 6.92 Å². The third-order valence-electron chi connectivity index (χ3n) is 2.90. The van der Waals surface area contributed by atoms with Gasteiger partial charge in [0.05, 0.1) is 0 Å². The Bertz CT molecular complexity index is 210.